The number of carbonyl (C=O) groups is 3. The van der Waals surface area contributed by atoms with Gasteiger partial charge in [-0.25, -0.2) is 4.79 Å². The monoisotopic (exact) mass is 396 g/mol. The number of likely N-dealkylation sites (N-methyl/N-ethyl adjacent to an activating group) is 1. The first kappa shape index (κ1) is 26.1. The van der Waals surface area contributed by atoms with Gasteiger partial charge >= 0.3 is 5.97 Å². The highest BCUT2D eigenvalue weighted by atomic mass is 16.5. The Bertz CT molecular complexity index is 569. The van der Waals surface area contributed by atoms with Crippen LogP contribution in [0.1, 0.15) is 68.2 Å². The summed E-state index contributed by atoms with van der Waals surface area (Å²) in [4.78, 5) is 38.8. The molecule has 0 heterocycles. The summed E-state index contributed by atoms with van der Waals surface area (Å²) in [5.74, 6) is -0.159. The maximum Gasteiger partial charge on any atom is 0.333 e. The predicted molar refractivity (Wildman–Crippen MR) is 113 cm³/mol. The van der Waals surface area contributed by atoms with Crippen LogP contribution in [-0.4, -0.2) is 48.9 Å². The SMILES string of the molecule is CCOC(=O)/C(C)=C/[C@H](C(C)C)N(C)C(=O)CNC(=O)C(C)(CC)CC(C)C. The van der Waals surface area contributed by atoms with E-state index in [2.05, 4.69) is 19.2 Å². The van der Waals surface area contributed by atoms with E-state index in [1.54, 1.807) is 31.9 Å². The van der Waals surface area contributed by atoms with Crippen molar-refractivity contribution in [2.45, 2.75) is 74.3 Å². The first-order valence-electron chi connectivity index (χ1n) is 10.3. The molecule has 0 aromatic rings. The molecule has 6 nitrogen and oxygen atoms in total. The van der Waals surface area contributed by atoms with Crippen molar-refractivity contribution in [1.82, 2.24) is 10.2 Å². The number of carbonyl (C=O) groups excluding carboxylic acids is 3. The maximum absolute atomic E-state index is 12.7. The molecule has 2 amide bonds. The Labute approximate surface area is 171 Å². The zero-order chi connectivity index (χ0) is 22.1. The van der Waals surface area contributed by atoms with Crippen LogP contribution in [0.25, 0.3) is 0 Å². The van der Waals surface area contributed by atoms with Crippen LogP contribution in [-0.2, 0) is 19.1 Å². The number of rotatable bonds is 11. The molecule has 0 rings (SSSR count). The van der Waals surface area contributed by atoms with Crippen LogP contribution >= 0.6 is 0 Å². The molecule has 0 fully saturated rings. The summed E-state index contributed by atoms with van der Waals surface area (Å²) in [6.07, 6.45) is 3.25. The third kappa shape index (κ3) is 8.03. The van der Waals surface area contributed by atoms with Gasteiger partial charge in [0.25, 0.3) is 0 Å². The van der Waals surface area contributed by atoms with Gasteiger partial charge in [0.15, 0.2) is 0 Å². The average Bonchev–Trinajstić information content (AvgIpc) is 2.62. The van der Waals surface area contributed by atoms with E-state index < -0.39 is 5.41 Å². The van der Waals surface area contributed by atoms with E-state index >= 15 is 0 Å². The minimum Gasteiger partial charge on any atom is -0.463 e. The molecule has 0 aromatic carbocycles. The molecule has 0 aromatic heterocycles. The molecule has 1 N–H and O–H groups in total. The van der Waals surface area contributed by atoms with Crippen molar-refractivity contribution in [3.05, 3.63) is 11.6 Å². The molecule has 0 bridgehead atoms. The molecule has 2 atom stereocenters. The fourth-order valence-corrected chi connectivity index (χ4v) is 3.28. The Hall–Kier alpha value is -1.85. The number of nitrogens with one attached hydrogen (secondary N) is 1. The Morgan fingerprint density at radius 1 is 1.14 bits per heavy atom. The summed E-state index contributed by atoms with van der Waals surface area (Å²) < 4.78 is 5.02. The van der Waals surface area contributed by atoms with Crippen molar-refractivity contribution in [1.29, 1.82) is 0 Å². The van der Waals surface area contributed by atoms with Crippen LogP contribution in [0.3, 0.4) is 0 Å². The van der Waals surface area contributed by atoms with Gasteiger partial charge < -0.3 is 15.0 Å². The summed E-state index contributed by atoms with van der Waals surface area (Å²) in [5, 5.41) is 2.81. The molecule has 0 aliphatic rings. The second kappa shape index (κ2) is 11.9. The lowest BCUT2D eigenvalue weighted by atomic mass is 9.79. The zero-order valence-electron chi connectivity index (χ0n) is 19.2. The molecule has 28 heavy (non-hydrogen) atoms. The summed E-state index contributed by atoms with van der Waals surface area (Å²) in [7, 11) is 1.70. The summed E-state index contributed by atoms with van der Waals surface area (Å²) >= 11 is 0. The van der Waals surface area contributed by atoms with Crippen molar-refractivity contribution < 1.29 is 19.1 Å². The summed E-state index contributed by atoms with van der Waals surface area (Å²) in [6, 6.07) is -0.262. The van der Waals surface area contributed by atoms with Gasteiger partial charge in [0, 0.05) is 18.0 Å². The largest absolute Gasteiger partial charge is 0.463 e. The van der Waals surface area contributed by atoms with Crippen molar-refractivity contribution in [2.24, 2.45) is 17.3 Å². The molecule has 0 aliphatic heterocycles. The third-order valence-electron chi connectivity index (χ3n) is 5.13. The molecule has 0 saturated heterocycles. The van der Waals surface area contributed by atoms with E-state index in [1.807, 2.05) is 27.7 Å². The Morgan fingerprint density at radius 3 is 2.14 bits per heavy atom. The van der Waals surface area contributed by atoms with Crippen LogP contribution < -0.4 is 5.32 Å². The molecule has 0 saturated carbocycles. The number of esters is 1. The van der Waals surface area contributed by atoms with Gasteiger partial charge in [0.1, 0.15) is 0 Å². The minimum absolute atomic E-state index is 0.0570. The van der Waals surface area contributed by atoms with Crippen molar-refractivity contribution in [2.75, 3.05) is 20.2 Å². The fraction of sp³-hybridized carbons (Fsp3) is 0.773. The molecule has 1 unspecified atom stereocenters. The maximum atomic E-state index is 12.7. The van der Waals surface area contributed by atoms with Crippen LogP contribution in [0.5, 0.6) is 0 Å². The quantitative estimate of drug-likeness (QED) is 0.428. The number of nitrogens with zero attached hydrogens (tertiary/aromatic N) is 1. The number of amides is 2. The van der Waals surface area contributed by atoms with Crippen molar-refractivity contribution in [3.8, 4) is 0 Å². The first-order valence-corrected chi connectivity index (χ1v) is 10.3. The number of hydrogen-bond acceptors (Lipinski definition) is 4. The van der Waals surface area contributed by atoms with Gasteiger partial charge in [0.2, 0.25) is 11.8 Å². The van der Waals surface area contributed by atoms with E-state index in [-0.39, 0.29) is 36.3 Å². The zero-order valence-corrected chi connectivity index (χ0v) is 19.2. The second-order valence-corrected chi connectivity index (χ2v) is 8.50. The summed E-state index contributed by atoms with van der Waals surface area (Å²) in [5.41, 5.74) is -0.00931. The molecule has 6 heteroatoms. The smallest absolute Gasteiger partial charge is 0.333 e. The van der Waals surface area contributed by atoms with Gasteiger partial charge in [-0.2, -0.15) is 0 Å². The van der Waals surface area contributed by atoms with Gasteiger partial charge in [-0.05, 0) is 38.5 Å². The van der Waals surface area contributed by atoms with Crippen molar-refractivity contribution >= 4 is 17.8 Å². The molecule has 162 valence electrons. The van der Waals surface area contributed by atoms with E-state index in [4.69, 9.17) is 4.74 Å². The van der Waals surface area contributed by atoms with E-state index in [0.29, 0.717) is 18.1 Å². The standard InChI is InChI=1S/C22H40N2O4/c1-10-22(8,13-15(3)4)21(27)23-14-19(25)24(9)18(16(5)6)12-17(7)20(26)28-11-2/h12,15-16,18H,10-11,13-14H2,1-9H3,(H,23,27)/b17-12+/t18-,22?/m1/s1. The van der Waals surface area contributed by atoms with Crippen LogP contribution in [0.2, 0.25) is 0 Å². The van der Waals surface area contributed by atoms with E-state index in [1.165, 1.54) is 0 Å². The molecular weight excluding hydrogens is 356 g/mol. The highest BCUT2D eigenvalue weighted by Gasteiger charge is 2.32. The fourth-order valence-electron chi connectivity index (χ4n) is 3.28. The second-order valence-electron chi connectivity index (χ2n) is 8.50. The topological polar surface area (TPSA) is 75.7 Å². The average molecular weight is 397 g/mol. The third-order valence-corrected chi connectivity index (χ3v) is 5.13. The van der Waals surface area contributed by atoms with Crippen LogP contribution in [0.15, 0.2) is 11.6 Å². The Morgan fingerprint density at radius 2 is 1.71 bits per heavy atom. The summed E-state index contributed by atoms with van der Waals surface area (Å²) in [6.45, 7) is 15.8. The van der Waals surface area contributed by atoms with Crippen LogP contribution in [0, 0.1) is 17.3 Å². The Kier molecular flexibility index (Phi) is 11.1. The molecule has 0 spiro atoms. The highest BCUT2D eigenvalue weighted by Crippen LogP contribution is 2.29. The molecular formula is C22H40N2O4. The van der Waals surface area contributed by atoms with Gasteiger partial charge in [-0.15, -0.1) is 0 Å². The normalized spacial score (nSPS) is 15.2. The van der Waals surface area contributed by atoms with E-state index in [0.717, 1.165) is 12.8 Å². The van der Waals surface area contributed by atoms with Crippen molar-refractivity contribution in [3.63, 3.8) is 0 Å². The number of ether oxygens (including phenoxy) is 1. The van der Waals surface area contributed by atoms with Crippen LogP contribution in [0.4, 0.5) is 0 Å². The first-order chi connectivity index (χ1) is 12.9. The lowest BCUT2D eigenvalue weighted by Gasteiger charge is -2.31. The van der Waals surface area contributed by atoms with E-state index in [9.17, 15) is 14.4 Å². The number of hydrogen-bond donors (Lipinski definition) is 1. The molecule has 0 radical (unpaired) electrons. The van der Waals surface area contributed by atoms with Gasteiger partial charge in [-0.1, -0.05) is 47.6 Å². The lowest BCUT2D eigenvalue weighted by molar-refractivity contribution is -0.138. The minimum atomic E-state index is -0.481. The highest BCUT2D eigenvalue weighted by molar-refractivity contribution is 5.89. The predicted octanol–water partition coefficient (Wildman–Crippen LogP) is 3.56. The van der Waals surface area contributed by atoms with Gasteiger partial charge in [0.05, 0.1) is 19.2 Å². The molecule has 0 aliphatic carbocycles. The lowest BCUT2D eigenvalue weighted by Crippen LogP contribution is -2.47. The van der Waals surface area contributed by atoms with Gasteiger partial charge in [-0.3, -0.25) is 9.59 Å². The Balaban J connectivity index is 5.12.